The van der Waals surface area contributed by atoms with E-state index in [0.717, 1.165) is 24.8 Å². The van der Waals surface area contributed by atoms with Crippen LogP contribution in [-0.4, -0.2) is 26.8 Å². The van der Waals surface area contributed by atoms with E-state index in [4.69, 9.17) is 0 Å². The Balaban J connectivity index is 1.79. The first kappa shape index (κ1) is 13.9. The summed E-state index contributed by atoms with van der Waals surface area (Å²) in [6.07, 6.45) is 9.41. The maximum Gasteiger partial charge on any atom is 0.0534 e. The molecule has 102 valence electrons. The summed E-state index contributed by atoms with van der Waals surface area (Å²) in [7, 11) is 0. The van der Waals surface area contributed by atoms with Gasteiger partial charge in [0.05, 0.1) is 6.20 Å². The highest BCUT2D eigenvalue weighted by Gasteiger charge is 2.26. The third kappa shape index (κ3) is 3.75. The van der Waals surface area contributed by atoms with Gasteiger partial charge in [-0.2, -0.15) is 16.9 Å². The standard InChI is InChI=1S/C14H25N3S/c1-3-8-17-11-12(10-16-17)9-15-13-6-5-7-14(13)18-4-2/h10-11,13-15H,3-9H2,1-2H3. The smallest absolute Gasteiger partial charge is 0.0534 e. The Morgan fingerprint density at radius 2 is 2.33 bits per heavy atom. The van der Waals surface area contributed by atoms with Crippen LogP contribution in [0.15, 0.2) is 12.4 Å². The van der Waals surface area contributed by atoms with Crippen LogP contribution in [0.2, 0.25) is 0 Å². The van der Waals surface area contributed by atoms with Crippen molar-refractivity contribution in [1.29, 1.82) is 0 Å². The maximum absolute atomic E-state index is 4.38. The maximum atomic E-state index is 4.38. The highest BCUT2D eigenvalue weighted by atomic mass is 32.2. The minimum Gasteiger partial charge on any atom is -0.309 e. The topological polar surface area (TPSA) is 29.9 Å². The molecule has 1 N–H and O–H groups in total. The van der Waals surface area contributed by atoms with E-state index in [-0.39, 0.29) is 0 Å². The summed E-state index contributed by atoms with van der Waals surface area (Å²) in [4.78, 5) is 0. The molecule has 2 rings (SSSR count). The zero-order valence-electron chi connectivity index (χ0n) is 11.6. The summed E-state index contributed by atoms with van der Waals surface area (Å²) in [6, 6.07) is 0.699. The van der Waals surface area contributed by atoms with Gasteiger partial charge in [0.1, 0.15) is 0 Å². The van der Waals surface area contributed by atoms with Crippen molar-refractivity contribution >= 4 is 11.8 Å². The molecule has 0 aromatic carbocycles. The van der Waals surface area contributed by atoms with Crippen LogP contribution in [-0.2, 0) is 13.1 Å². The summed E-state index contributed by atoms with van der Waals surface area (Å²) < 4.78 is 2.05. The molecule has 1 heterocycles. The number of rotatable bonds is 7. The number of aromatic nitrogens is 2. The van der Waals surface area contributed by atoms with Crippen molar-refractivity contribution in [2.75, 3.05) is 5.75 Å². The molecule has 3 nitrogen and oxygen atoms in total. The summed E-state index contributed by atoms with van der Waals surface area (Å²) in [5.41, 5.74) is 1.32. The van der Waals surface area contributed by atoms with Crippen LogP contribution < -0.4 is 5.32 Å². The molecule has 2 atom stereocenters. The first-order valence-electron chi connectivity index (χ1n) is 7.19. The number of hydrogen-bond acceptors (Lipinski definition) is 3. The second-order valence-electron chi connectivity index (χ2n) is 5.02. The van der Waals surface area contributed by atoms with Gasteiger partial charge in [-0.25, -0.2) is 0 Å². The van der Waals surface area contributed by atoms with Gasteiger partial charge in [0, 0.05) is 36.1 Å². The Kier molecular flexibility index (Phi) is 5.57. The minimum atomic E-state index is 0.699. The third-order valence-corrected chi connectivity index (χ3v) is 4.87. The average Bonchev–Trinajstić information content (AvgIpc) is 2.97. The highest BCUT2D eigenvalue weighted by Crippen LogP contribution is 2.29. The summed E-state index contributed by atoms with van der Waals surface area (Å²) in [5.74, 6) is 1.23. The van der Waals surface area contributed by atoms with Crippen LogP contribution in [0.5, 0.6) is 0 Å². The predicted molar refractivity (Wildman–Crippen MR) is 78.9 cm³/mol. The largest absolute Gasteiger partial charge is 0.309 e. The monoisotopic (exact) mass is 267 g/mol. The van der Waals surface area contributed by atoms with Crippen LogP contribution in [0.1, 0.15) is 45.1 Å². The molecule has 1 aliphatic rings. The van der Waals surface area contributed by atoms with Crippen molar-refractivity contribution in [2.45, 2.75) is 63.9 Å². The van der Waals surface area contributed by atoms with Gasteiger partial charge in [-0.3, -0.25) is 4.68 Å². The van der Waals surface area contributed by atoms with Gasteiger partial charge in [0.25, 0.3) is 0 Å². The Morgan fingerprint density at radius 3 is 3.11 bits per heavy atom. The van der Waals surface area contributed by atoms with Gasteiger partial charge in [0.15, 0.2) is 0 Å². The van der Waals surface area contributed by atoms with Crippen LogP contribution >= 0.6 is 11.8 Å². The van der Waals surface area contributed by atoms with Crippen LogP contribution in [0.25, 0.3) is 0 Å². The van der Waals surface area contributed by atoms with E-state index in [1.54, 1.807) is 0 Å². The first-order valence-corrected chi connectivity index (χ1v) is 8.24. The lowest BCUT2D eigenvalue weighted by atomic mass is 10.2. The predicted octanol–water partition coefficient (Wildman–Crippen LogP) is 3.06. The fourth-order valence-electron chi connectivity index (χ4n) is 2.67. The van der Waals surface area contributed by atoms with Crippen molar-refractivity contribution in [3.05, 3.63) is 18.0 Å². The summed E-state index contributed by atoms with van der Waals surface area (Å²) in [6.45, 7) is 6.44. The van der Waals surface area contributed by atoms with Crippen molar-refractivity contribution < 1.29 is 0 Å². The molecule has 1 aliphatic carbocycles. The molecule has 0 amide bonds. The van der Waals surface area contributed by atoms with Gasteiger partial charge >= 0.3 is 0 Å². The lowest BCUT2D eigenvalue weighted by molar-refractivity contribution is 0.531. The summed E-state index contributed by atoms with van der Waals surface area (Å²) >= 11 is 2.11. The van der Waals surface area contributed by atoms with Crippen molar-refractivity contribution in [1.82, 2.24) is 15.1 Å². The quantitative estimate of drug-likeness (QED) is 0.823. The van der Waals surface area contributed by atoms with Crippen molar-refractivity contribution in [3.8, 4) is 0 Å². The van der Waals surface area contributed by atoms with E-state index in [0.29, 0.717) is 6.04 Å². The number of hydrogen-bond donors (Lipinski definition) is 1. The van der Waals surface area contributed by atoms with E-state index >= 15 is 0 Å². The molecular weight excluding hydrogens is 242 g/mol. The second kappa shape index (κ2) is 7.19. The number of nitrogens with zero attached hydrogens (tertiary/aromatic N) is 2. The number of aryl methyl sites for hydroxylation is 1. The van der Waals surface area contributed by atoms with Crippen molar-refractivity contribution in [3.63, 3.8) is 0 Å². The molecule has 1 saturated carbocycles. The molecule has 0 radical (unpaired) electrons. The molecule has 4 heteroatoms. The highest BCUT2D eigenvalue weighted by molar-refractivity contribution is 7.99. The molecule has 2 unspecified atom stereocenters. The van der Waals surface area contributed by atoms with Gasteiger partial charge in [0.2, 0.25) is 0 Å². The normalized spacial score (nSPS) is 23.7. The van der Waals surface area contributed by atoms with Crippen LogP contribution in [0.4, 0.5) is 0 Å². The van der Waals surface area contributed by atoms with Crippen LogP contribution in [0.3, 0.4) is 0 Å². The van der Waals surface area contributed by atoms with E-state index in [1.165, 1.54) is 30.6 Å². The van der Waals surface area contributed by atoms with Gasteiger partial charge < -0.3 is 5.32 Å². The molecule has 0 spiro atoms. The van der Waals surface area contributed by atoms with E-state index in [9.17, 15) is 0 Å². The lowest BCUT2D eigenvalue weighted by Gasteiger charge is -2.19. The molecular formula is C14H25N3S. The number of nitrogens with one attached hydrogen (secondary N) is 1. The van der Waals surface area contributed by atoms with E-state index in [1.807, 2.05) is 10.9 Å². The fourth-order valence-corrected chi connectivity index (χ4v) is 3.90. The Bertz CT molecular complexity index is 351. The Morgan fingerprint density at radius 1 is 1.44 bits per heavy atom. The van der Waals surface area contributed by atoms with E-state index < -0.39 is 0 Å². The van der Waals surface area contributed by atoms with Crippen LogP contribution in [0, 0.1) is 0 Å². The Hall–Kier alpha value is -0.480. The van der Waals surface area contributed by atoms with Gasteiger partial charge in [-0.1, -0.05) is 20.3 Å². The molecule has 18 heavy (non-hydrogen) atoms. The average molecular weight is 267 g/mol. The minimum absolute atomic E-state index is 0.699. The molecule has 1 aromatic heterocycles. The second-order valence-corrected chi connectivity index (χ2v) is 6.54. The zero-order valence-corrected chi connectivity index (χ0v) is 12.4. The zero-order chi connectivity index (χ0) is 12.8. The fraction of sp³-hybridized carbons (Fsp3) is 0.786. The van der Waals surface area contributed by atoms with Gasteiger partial charge in [-0.05, 0) is 25.0 Å². The molecule has 1 fully saturated rings. The SMILES string of the molecule is CCCn1cc(CNC2CCCC2SCC)cn1. The molecule has 0 saturated heterocycles. The Labute approximate surface area is 115 Å². The van der Waals surface area contributed by atoms with E-state index in [2.05, 4.69) is 42.2 Å². The summed E-state index contributed by atoms with van der Waals surface area (Å²) in [5, 5.41) is 8.91. The first-order chi connectivity index (χ1) is 8.83. The van der Waals surface area contributed by atoms with Crippen molar-refractivity contribution in [2.24, 2.45) is 0 Å². The molecule has 1 aromatic rings. The molecule has 0 aliphatic heterocycles. The third-order valence-electron chi connectivity index (χ3n) is 3.54. The lowest BCUT2D eigenvalue weighted by Crippen LogP contribution is -2.33. The van der Waals surface area contributed by atoms with Gasteiger partial charge in [-0.15, -0.1) is 0 Å². The molecule has 0 bridgehead atoms. The number of thioether (sulfide) groups is 1.